The third kappa shape index (κ3) is 5.06. The molecule has 0 saturated heterocycles. The van der Waals surface area contributed by atoms with E-state index < -0.39 is 9.84 Å². The molecular formula is C11H16BrNO3S. The van der Waals surface area contributed by atoms with Crippen molar-refractivity contribution in [1.29, 1.82) is 0 Å². The second-order valence-electron chi connectivity index (χ2n) is 3.95. The number of halogens is 1. The number of benzene rings is 1. The largest absolute Gasteiger partial charge is 0.492 e. The summed E-state index contributed by atoms with van der Waals surface area (Å²) in [5.41, 5.74) is 6.68. The fourth-order valence-electron chi connectivity index (χ4n) is 1.31. The Morgan fingerprint density at radius 3 is 2.65 bits per heavy atom. The highest BCUT2D eigenvalue weighted by molar-refractivity contribution is 9.10. The van der Waals surface area contributed by atoms with Gasteiger partial charge in [-0.05, 0) is 25.1 Å². The Hall–Kier alpha value is -0.590. The third-order valence-electron chi connectivity index (χ3n) is 2.17. The van der Waals surface area contributed by atoms with Gasteiger partial charge in [-0.15, -0.1) is 0 Å². The van der Waals surface area contributed by atoms with Gasteiger partial charge in [0.05, 0.1) is 5.75 Å². The van der Waals surface area contributed by atoms with Crippen LogP contribution in [0.1, 0.15) is 18.5 Å². The van der Waals surface area contributed by atoms with E-state index in [4.69, 9.17) is 10.5 Å². The highest BCUT2D eigenvalue weighted by atomic mass is 79.9. The number of nitrogens with two attached hydrogens (primary N) is 1. The Morgan fingerprint density at radius 1 is 1.47 bits per heavy atom. The third-order valence-corrected chi connectivity index (χ3v) is 3.58. The molecule has 96 valence electrons. The molecule has 0 unspecified atom stereocenters. The van der Waals surface area contributed by atoms with Crippen LogP contribution in [0.3, 0.4) is 0 Å². The number of hydrogen-bond acceptors (Lipinski definition) is 4. The van der Waals surface area contributed by atoms with Crippen LogP contribution in [0.4, 0.5) is 0 Å². The van der Waals surface area contributed by atoms with Crippen LogP contribution in [0.25, 0.3) is 0 Å². The standard InChI is InChI=1S/C11H16BrNO3S/c1-8(13)10-7-9(12)3-4-11(10)16-5-6-17(2,14)15/h3-4,7-8H,5-6,13H2,1-2H3/t8-/m0/s1. The molecule has 17 heavy (non-hydrogen) atoms. The van der Waals surface area contributed by atoms with Gasteiger partial charge in [-0.25, -0.2) is 8.42 Å². The van der Waals surface area contributed by atoms with Crippen LogP contribution in [-0.4, -0.2) is 27.0 Å². The minimum atomic E-state index is -3.00. The summed E-state index contributed by atoms with van der Waals surface area (Å²) in [7, 11) is -3.00. The minimum Gasteiger partial charge on any atom is -0.492 e. The zero-order valence-corrected chi connectivity index (χ0v) is 12.2. The maximum Gasteiger partial charge on any atom is 0.150 e. The van der Waals surface area contributed by atoms with Crippen molar-refractivity contribution in [2.75, 3.05) is 18.6 Å². The van der Waals surface area contributed by atoms with Gasteiger partial charge in [-0.3, -0.25) is 0 Å². The number of ether oxygens (including phenoxy) is 1. The summed E-state index contributed by atoms with van der Waals surface area (Å²) in [5, 5.41) is 0. The van der Waals surface area contributed by atoms with Crippen molar-refractivity contribution in [2.24, 2.45) is 5.73 Å². The molecular weight excluding hydrogens is 306 g/mol. The Morgan fingerprint density at radius 2 is 2.12 bits per heavy atom. The van der Waals surface area contributed by atoms with Crippen LogP contribution >= 0.6 is 15.9 Å². The molecule has 0 aliphatic rings. The molecule has 0 aromatic heterocycles. The predicted molar refractivity (Wildman–Crippen MR) is 72.0 cm³/mol. The molecule has 0 spiro atoms. The summed E-state index contributed by atoms with van der Waals surface area (Å²) in [4.78, 5) is 0. The van der Waals surface area contributed by atoms with Gasteiger partial charge in [0, 0.05) is 22.3 Å². The van der Waals surface area contributed by atoms with Crippen molar-refractivity contribution in [3.05, 3.63) is 28.2 Å². The Labute approximate surface area is 110 Å². The van der Waals surface area contributed by atoms with Crippen LogP contribution in [-0.2, 0) is 9.84 Å². The fourth-order valence-corrected chi connectivity index (χ4v) is 2.07. The van der Waals surface area contributed by atoms with Gasteiger partial charge < -0.3 is 10.5 Å². The highest BCUT2D eigenvalue weighted by Crippen LogP contribution is 2.27. The molecule has 0 aliphatic heterocycles. The summed E-state index contributed by atoms with van der Waals surface area (Å²) in [6.45, 7) is 1.99. The quantitative estimate of drug-likeness (QED) is 0.899. The second kappa shape index (κ2) is 5.84. The lowest BCUT2D eigenvalue weighted by Crippen LogP contribution is -2.14. The van der Waals surface area contributed by atoms with Crippen molar-refractivity contribution in [3.8, 4) is 5.75 Å². The van der Waals surface area contributed by atoms with E-state index in [1.165, 1.54) is 6.26 Å². The Bertz CT molecular complexity index is 485. The first kappa shape index (κ1) is 14.5. The molecule has 0 aliphatic carbocycles. The molecule has 6 heteroatoms. The molecule has 0 heterocycles. The van der Waals surface area contributed by atoms with E-state index >= 15 is 0 Å². The molecule has 0 fully saturated rings. The maximum absolute atomic E-state index is 11.0. The molecule has 0 saturated carbocycles. The molecule has 0 amide bonds. The van der Waals surface area contributed by atoms with Gasteiger partial charge >= 0.3 is 0 Å². The lowest BCUT2D eigenvalue weighted by atomic mass is 10.1. The van der Waals surface area contributed by atoms with Gasteiger partial charge in [-0.2, -0.15) is 0 Å². The summed E-state index contributed by atoms with van der Waals surface area (Å²) >= 11 is 3.36. The van der Waals surface area contributed by atoms with E-state index in [1.54, 1.807) is 6.07 Å². The molecule has 1 aromatic rings. The van der Waals surface area contributed by atoms with Crippen LogP contribution in [0, 0.1) is 0 Å². The predicted octanol–water partition coefficient (Wildman–Crippen LogP) is 1.89. The maximum atomic E-state index is 11.0. The van der Waals surface area contributed by atoms with Crippen molar-refractivity contribution in [2.45, 2.75) is 13.0 Å². The second-order valence-corrected chi connectivity index (χ2v) is 7.12. The molecule has 4 nitrogen and oxygen atoms in total. The first-order valence-electron chi connectivity index (χ1n) is 5.15. The molecule has 1 atom stereocenters. The van der Waals surface area contributed by atoms with E-state index in [2.05, 4.69) is 15.9 Å². The lowest BCUT2D eigenvalue weighted by Gasteiger charge is -2.14. The Balaban J connectivity index is 2.77. The number of hydrogen-bond donors (Lipinski definition) is 1. The summed E-state index contributed by atoms with van der Waals surface area (Å²) in [6, 6.07) is 5.33. The molecule has 1 rings (SSSR count). The first-order chi connectivity index (χ1) is 7.79. The van der Waals surface area contributed by atoms with Crippen LogP contribution in [0.2, 0.25) is 0 Å². The van der Waals surface area contributed by atoms with E-state index in [9.17, 15) is 8.42 Å². The van der Waals surface area contributed by atoms with Crippen molar-refractivity contribution >= 4 is 25.8 Å². The minimum absolute atomic E-state index is 0.00144. The topological polar surface area (TPSA) is 69.4 Å². The van der Waals surface area contributed by atoms with Gasteiger partial charge in [-0.1, -0.05) is 15.9 Å². The van der Waals surface area contributed by atoms with E-state index in [-0.39, 0.29) is 18.4 Å². The van der Waals surface area contributed by atoms with E-state index in [1.807, 2.05) is 19.1 Å². The van der Waals surface area contributed by atoms with Crippen LogP contribution in [0.5, 0.6) is 5.75 Å². The highest BCUT2D eigenvalue weighted by Gasteiger charge is 2.10. The van der Waals surface area contributed by atoms with E-state index in [0.717, 1.165) is 10.0 Å². The van der Waals surface area contributed by atoms with Crippen molar-refractivity contribution in [3.63, 3.8) is 0 Å². The molecule has 2 N–H and O–H groups in total. The van der Waals surface area contributed by atoms with Crippen LogP contribution in [0.15, 0.2) is 22.7 Å². The van der Waals surface area contributed by atoms with Crippen molar-refractivity contribution in [1.82, 2.24) is 0 Å². The van der Waals surface area contributed by atoms with Gasteiger partial charge in [0.15, 0.2) is 9.84 Å². The van der Waals surface area contributed by atoms with Gasteiger partial charge in [0.25, 0.3) is 0 Å². The van der Waals surface area contributed by atoms with Crippen LogP contribution < -0.4 is 10.5 Å². The fraction of sp³-hybridized carbons (Fsp3) is 0.455. The van der Waals surface area contributed by atoms with Gasteiger partial charge in [0.2, 0.25) is 0 Å². The first-order valence-corrected chi connectivity index (χ1v) is 8.00. The summed E-state index contributed by atoms with van der Waals surface area (Å²) in [6.07, 6.45) is 1.18. The van der Waals surface area contributed by atoms with Gasteiger partial charge in [0.1, 0.15) is 12.4 Å². The van der Waals surface area contributed by atoms with Crippen molar-refractivity contribution < 1.29 is 13.2 Å². The lowest BCUT2D eigenvalue weighted by molar-refractivity contribution is 0.335. The Kier molecular flexibility index (Phi) is 4.97. The molecule has 0 radical (unpaired) electrons. The zero-order valence-electron chi connectivity index (χ0n) is 9.81. The average molecular weight is 322 g/mol. The summed E-state index contributed by atoms with van der Waals surface area (Å²) in [5.74, 6) is 0.633. The van der Waals surface area contributed by atoms with E-state index in [0.29, 0.717) is 5.75 Å². The molecule has 0 bridgehead atoms. The normalized spacial score (nSPS) is 13.4. The zero-order chi connectivity index (χ0) is 13.1. The number of sulfone groups is 1. The smallest absolute Gasteiger partial charge is 0.150 e. The SMILES string of the molecule is C[C@H](N)c1cc(Br)ccc1OCCS(C)(=O)=O. The average Bonchev–Trinajstić information content (AvgIpc) is 2.18. The number of rotatable bonds is 5. The molecule has 1 aromatic carbocycles. The summed E-state index contributed by atoms with van der Waals surface area (Å²) < 4.78 is 28.3. The monoisotopic (exact) mass is 321 g/mol.